The van der Waals surface area contributed by atoms with Gasteiger partial charge >= 0.3 is 12.1 Å². The van der Waals surface area contributed by atoms with E-state index in [1.165, 1.54) is 0 Å². The maximum atomic E-state index is 12.7. The SMILES string of the molecule is CC(C)C(CC(=O)N[C@@H](CC(=O)O)C(C)C)NC(=O)OCC1c2ccccc2-c2ccccc21. The minimum Gasteiger partial charge on any atom is -0.481 e. The number of carboxylic acid groups (broad SMARTS) is 1. The largest absolute Gasteiger partial charge is 0.481 e. The Morgan fingerprint density at radius 1 is 0.824 bits per heavy atom. The van der Waals surface area contributed by atoms with Crippen molar-refractivity contribution in [2.75, 3.05) is 6.61 Å². The molecular weight excluding hydrogens is 432 g/mol. The van der Waals surface area contributed by atoms with Crippen molar-refractivity contribution < 1.29 is 24.2 Å². The van der Waals surface area contributed by atoms with Crippen LogP contribution in [0, 0.1) is 11.8 Å². The summed E-state index contributed by atoms with van der Waals surface area (Å²) in [5, 5.41) is 14.7. The first-order valence-electron chi connectivity index (χ1n) is 11.8. The van der Waals surface area contributed by atoms with E-state index in [0.717, 1.165) is 22.3 Å². The molecule has 2 aromatic carbocycles. The van der Waals surface area contributed by atoms with Gasteiger partial charge in [0.1, 0.15) is 6.61 Å². The summed E-state index contributed by atoms with van der Waals surface area (Å²) >= 11 is 0. The molecule has 1 unspecified atom stereocenters. The third-order valence-corrected chi connectivity index (χ3v) is 6.40. The lowest BCUT2D eigenvalue weighted by atomic mass is 9.98. The second kappa shape index (κ2) is 11.2. The molecule has 0 saturated heterocycles. The van der Waals surface area contributed by atoms with Gasteiger partial charge in [0, 0.05) is 24.4 Å². The highest BCUT2D eigenvalue weighted by atomic mass is 16.5. The summed E-state index contributed by atoms with van der Waals surface area (Å²) in [6.07, 6.45) is -0.667. The van der Waals surface area contributed by atoms with Gasteiger partial charge in [-0.25, -0.2) is 4.79 Å². The van der Waals surface area contributed by atoms with E-state index in [9.17, 15) is 14.4 Å². The van der Waals surface area contributed by atoms with E-state index in [1.807, 2.05) is 52.0 Å². The van der Waals surface area contributed by atoms with Crippen LogP contribution in [-0.2, 0) is 14.3 Å². The van der Waals surface area contributed by atoms with E-state index in [-0.39, 0.29) is 43.1 Å². The summed E-state index contributed by atoms with van der Waals surface area (Å²) in [6.45, 7) is 7.76. The Labute approximate surface area is 200 Å². The fourth-order valence-electron chi connectivity index (χ4n) is 4.35. The molecule has 1 aliphatic carbocycles. The van der Waals surface area contributed by atoms with Gasteiger partial charge in [-0.2, -0.15) is 0 Å². The molecular formula is C27H34N2O5. The minimum atomic E-state index is -0.962. The summed E-state index contributed by atoms with van der Waals surface area (Å²) in [4.78, 5) is 36.3. The lowest BCUT2D eigenvalue weighted by Gasteiger charge is -2.25. The number of alkyl carbamates (subject to hydrolysis) is 1. The number of carbonyl (C=O) groups is 3. The van der Waals surface area contributed by atoms with Crippen molar-refractivity contribution in [2.24, 2.45) is 11.8 Å². The number of carbonyl (C=O) groups excluding carboxylic acids is 2. The Morgan fingerprint density at radius 2 is 1.32 bits per heavy atom. The zero-order valence-corrected chi connectivity index (χ0v) is 20.2. The topological polar surface area (TPSA) is 105 Å². The molecule has 182 valence electrons. The van der Waals surface area contributed by atoms with Crippen LogP contribution in [0.15, 0.2) is 48.5 Å². The Morgan fingerprint density at radius 3 is 1.82 bits per heavy atom. The summed E-state index contributed by atoms with van der Waals surface area (Å²) in [5.74, 6) is -1.33. The number of carboxylic acids is 1. The van der Waals surface area contributed by atoms with E-state index in [0.29, 0.717) is 0 Å². The van der Waals surface area contributed by atoms with Gasteiger partial charge in [-0.05, 0) is 34.1 Å². The average Bonchev–Trinajstić information content (AvgIpc) is 3.10. The number of nitrogens with one attached hydrogen (secondary N) is 2. The first-order chi connectivity index (χ1) is 16.2. The Hall–Kier alpha value is -3.35. The highest BCUT2D eigenvalue weighted by molar-refractivity contribution is 5.80. The van der Waals surface area contributed by atoms with Crippen LogP contribution in [0.5, 0.6) is 0 Å². The van der Waals surface area contributed by atoms with E-state index >= 15 is 0 Å². The summed E-state index contributed by atoms with van der Waals surface area (Å²) in [7, 11) is 0. The molecule has 0 spiro atoms. The Bertz CT molecular complexity index is 988. The standard InChI is InChI=1S/C27H34N2O5/c1-16(2)23(13-25(30)28-24(17(3)4)14-26(31)32)29-27(33)34-15-22-20-11-7-5-9-18(20)19-10-6-8-12-21(19)22/h5-12,16-17,22-24H,13-15H2,1-4H3,(H,28,30)(H,29,33)(H,31,32)/t23?,24-/m0/s1. The van der Waals surface area contributed by atoms with E-state index < -0.39 is 24.1 Å². The molecule has 0 bridgehead atoms. The fraction of sp³-hybridized carbons (Fsp3) is 0.444. The lowest BCUT2D eigenvalue weighted by Crippen LogP contribution is -2.46. The molecule has 3 rings (SSSR count). The van der Waals surface area contributed by atoms with Crippen LogP contribution in [0.4, 0.5) is 4.79 Å². The molecule has 0 aliphatic heterocycles. The number of aliphatic carboxylic acids is 1. The van der Waals surface area contributed by atoms with Crippen LogP contribution in [0.2, 0.25) is 0 Å². The molecule has 7 heteroatoms. The van der Waals surface area contributed by atoms with Gasteiger partial charge in [0.15, 0.2) is 0 Å². The van der Waals surface area contributed by atoms with Gasteiger partial charge < -0.3 is 20.5 Å². The number of benzene rings is 2. The third-order valence-electron chi connectivity index (χ3n) is 6.40. The summed E-state index contributed by atoms with van der Waals surface area (Å²) < 4.78 is 5.61. The Balaban J connectivity index is 1.59. The summed E-state index contributed by atoms with van der Waals surface area (Å²) in [6, 6.07) is 15.4. The van der Waals surface area contributed by atoms with Gasteiger partial charge in [-0.15, -0.1) is 0 Å². The lowest BCUT2D eigenvalue weighted by molar-refractivity contribution is -0.138. The molecule has 2 aromatic rings. The molecule has 0 heterocycles. The van der Waals surface area contributed by atoms with Crippen molar-refractivity contribution in [3.8, 4) is 11.1 Å². The first-order valence-corrected chi connectivity index (χ1v) is 11.8. The minimum absolute atomic E-state index is 0.0109. The zero-order chi connectivity index (χ0) is 24.8. The van der Waals surface area contributed by atoms with E-state index in [4.69, 9.17) is 9.84 Å². The predicted molar refractivity (Wildman–Crippen MR) is 130 cm³/mol. The van der Waals surface area contributed by atoms with E-state index in [1.54, 1.807) is 0 Å². The van der Waals surface area contributed by atoms with Crippen LogP contribution in [-0.4, -0.2) is 41.8 Å². The molecule has 2 atom stereocenters. The van der Waals surface area contributed by atoms with Crippen LogP contribution >= 0.6 is 0 Å². The smallest absolute Gasteiger partial charge is 0.407 e. The van der Waals surface area contributed by atoms with Gasteiger partial charge in [-0.3, -0.25) is 9.59 Å². The van der Waals surface area contributed by atoms with Crippen molar-refractivity contribution in [1.82, 2.24) is 10.6 Å². The zero-order valence-electron chi connectivity index (χ0n) is 20.2. The van der Waals surface area contributed by atoms with E-state index in [2.05, 4.69) is 34.9 Å². The maximum Gasteiger partial charge on any atom is 0.407 e. The van der Waals surface area contributed by atoms with Crippen molar-refractivity contribution in [2.45, 2.75) is 58.5 Å². The molecule has 0 saturated carbocycles. The van der Waals surface area contributed by atoms with Crippen molar-refractivity contribution in [3.63, 3.8) is 0 Å². The molecule has 34 heavy (non-hydrogen) atoms. The van der Waals surface area contributed by atoms with Gasteiger partial charge in [-0.1, -0.05) is 76.2 Å². The maximum absolute atomic E-state index is 12.7. The van der Waals surface area contributed by atoms with Gasteiger partial charge in [0.25, 0.3) is 0 Å². The van der Waals surface area contributed by atoms with Gasteiger partial charge in [0.05, 0.1) is 6.42 Å². The molecule has 1 aliphatic rings. The Kier molecular flexibility index (Phi) is 8.31. The predicted octanol–water partition coefficient (Wildman–Crippen LogP) is 4.56. The van der Waals surface area contributed by atoms with Gasteiger partial charge in [0.2, 0.25) is 5.91 Å². The number of hydrogen-bond acceptors (Lipinski definition) is 4. The quantitative estimate of drug-likeness (QED) is 0.476. The second-order valence-corrected chi connectivity index (χ2v) is 9.54. The van der Waals surface area contributed by atoms with Crippen LogP contribution in [0.1, 0.15) is 57.6 Å². The number of amides is 2. The number of rotatable bonds is 10. The molecule has 7 nitrogen and oxygen atoms in total. The highest BCUT2D eigenvalue weighted by Crippen LogP contribution is 2.44. The normalized spacial score (nSPS) is 14.3. The summed E-state index contributed by atoms with van der Waals surface area (Å²) in [5.41, 5.74) is 4.58. The number of fused-ring (bicyclic) bond motifs is 3. The average molecular weight is 467 g/mol. The van der Waals surface area contributed by atoms with Crippen molar-refractivity contribution >= 4 is 18.0 Å². The molecule has 0 radical (unpaired) electrons. The highest BCUT2D eigenvalue weighted by Gasteiger charge is 2.30. The molecule has 0 aromatic heterocycles. The third kappa shape index (κ3) is 6.16. The number of ether oxygens (including phenoxy) is 1. The molecule has 2 amide bonds. The van der Waals surface area contributed by atoms with Crippen molar-refractivity contribution in [1.29, 1.82) is 0 Å². The molecule has 0 fully saturated rings. The fourth-order valence-corrected chi connectivity index (χ4v) is 4.35. The second-order valence-electron chi connectivity index (χ2n) is 9.54. The van der Waals surface area contributed by atoms with Crippen LogP contribution < -0.4 is 10.6 Å². The molecule has 3 N–H and O–H groups in total. The van der Waals surface area contributed by atoms with Crippen LogP contribution in [0.3, 0.4) is 0 Å². The number of hydrogen-bond donors (Lipinski definition) is 3. The van der Waals surface area contributed by atoms with Crippen molar-refractivity contribution in [3.05, 3.63) is 59.7 Å². The monoisotopic (exact) mass is 466 g/mol. The van der Waals surface area contributed by atoms with Crippen LogP contribution in [0.25, 0.3) is 11.1 Å². The first kappa shape index (κ1) is 25.3.